The van der Waals surface area contributed by atoms with E-state index in [-0.39, 0.29) is 6.79 Å². The second kappa shape index (κ2) is 10.1. The Morgan fingerprint density at radius 3 is 2.36 bits per heavy atom. The van der Waals surface area contributed by atoms with Crippen molar-refractivity contribution in [2.24, 2.45) is 0 Å². The minimum Gasteiger partial charge on any atom is -0.454 e. The van der Waals surface area contributed by atoms with Gasteiger partial charge in [0, 0.05) is 63.4 Å². The molecule has 2 heterocycles. The van der Waals surface area contributed by atoms with Crippen LogP contribution in [0.1, 0.15) is 19.4 Å². The molecule has 0 aliphatic carbocycles. The molecule has 0 bridgehead atoms. The van der Waals surface area contributed by atoms with Gasteiger partial charge in [0.15, 0.2) is 11.5 Å². The zero-order valence-electron chi connectivity index (χ0n) is 19.7. The van der Waals surface area contributed by atoms with Crippen LogP contribution in [-0.2, 0) is 6.54 Å². The van der Waals surface area contributed by atoms with Gasteiger partial charge in [0.25, 0.3) is 0 Å². The number of hydrogen-bond donors (Lipinski definition) is 0. The number of nitrogens with zero attached hydrogens (tertiary/aromatic N) is 2. The molecular weight excluding hydrogens is 523 g/mol. The van der Waals surface area contributed by atoms with Gasteiger partial charge in [0.2, 0.25) is 6.79 Å². The fourth-order valence-corrected chi connectivity index (χ4v) is 5.12. The summed E-state index contributed by atoms with van der Waals surface area (Å²) in [5.74, 6) is 1.74. The number of fused-ring (bicyclic) bond motifs is 2. The summed E-state index contributed by atoms with van der Waals surface area (Å²) in [6.07, 6.45) is 1.55. The maximum Gasteiger partial charge on any atom is 0.415 e. The Kier molecular flexibility index (Phi) is 6.93. The van der Waals surface area contributed by atoms with Crippen molar-refractivity contribution in [2.75, 3.05) is 19.9 Å². The van der Waals surface area contributed by atoms with E-state index in [9.17, 15) is 4.79 Å². The number of hydrogen-bond acceptors (Lipinski definition) is 4. The van der Waals surface area contributed by atoms with Gasteiger partial charge in [-0.15, -0.1) is 0 Å². The highest BCUT2D eigenvalue weighted by Crippen LogP contribution is 2.41. The first kappa shape index (κ1) is 24.6. The van der Waals surface area contributed by atoms with E-state index in [0.717, 1.165) is 27.6 Å². The Hall–Kier alpha value is -3.06. The normalized spacial score (nSPS) is 12.2. The van der Waals surface area contributed by atoms with Crippen molar-refractivity contribution in [2.45, 2.75) is 20.4 Å². The minimum absolute atomic E-state index is 0.183. The molecular formula is C27H23Cl3N2O4. The molecule has 0 radical (unpaired) electrons. The van der Waals surface area contributed by atoms with Crippen LogP contribution in [0.2, 0.25) is 15.1 Å². The average molecular weight is 546 g/mol. The highest BCUT2D eigenvalue weighted by Gasteiger charge is 2.21. The van der Waals surface area contributed by atoms with Crippen LogP contribution in [0.25, 0.3) is 22.0 Å². The molecule has 0 unspecified atom stereocenters. The van der Waals surface area contributed by atoms with E-state index >= 15 is 0 Å². The van der Waals surface area contributed by atoms with E-state index in [2.05, 4.69) is 4.57 Å². The molecule has 4 aromatic rings. The Morgan fingerprint density at radius 1 is 0.972 bits per heavy atom. The van der Waals surface area contributed by atoms with Crippen LogP contribution in [0.3, 0.4) is 0 Å². The molecule has 1 aliphatic heterocycles. The Morgan fingerprint density at radius 2 is 1.67 bits per heavy atom. The molecule has 1 amide bonds. The van der Waals surface area contributed by atoms with Crippen LogP contribution in [-0.4, -0.2) is 35.4 Å². The second-order valence-electron chi connectivity index (χ2n) is 8.31. The van der Waals surface area contributed by atoms with Gasteiger partial charge < -0.3 is 23.7 Å². The molecule has 5 rings (SSSR count). The Bertz CT molecular complexity index is 1440. The molecule has 36 heavy (non-hydrogen) atoms. The third-order valence-electron chi connectivity index (χ3n) is 6.17. The molecule has 1 aromatic heterocycles. The number of halogens is 3. The maximum absolute atomic E-state index is 12.8. The monoisotopic (exact) mass is 544 g/mol. The van der Waals surface area contributed by atoms with Crippen LogP contribution in [0.4, 0.5) is 4.79 Å². The molecule has 0 saturated heterocycles. The zero-order valence-corrected chi connectivity index (χ0v) is 22.0. The quantitative estimate of drug-likeness (QED) is 0.247. The van der Waals surface area contributed by atoms with E-state index in [1.165, 1.54) is 0 Å². The standard InChI is InChI=1S/C27H23Cl3N2O4/c1-3-31(4-2)27(33)36-23-6-5-22-20(26(23)16-9-18(28)12-19(29)10-16)7-8-32(22)14-17-11-24-25(13-21(17)30)35-15-34-24/h5-13H,3-4,14-15H2,1-2H3. The number of amides is 1. The number of carbonyl (C=O) groups excluding carboxylic acids is 1. The van der Waals surface area contributed by atoms with Gasteiger partial charge in [0.1, 0.15) is 5.75 Å². The predicted octanol–water partition coefficient (Wildman–Crippen LogP) is 7.89. The third-order valence-corrected chi connectivity index (χ3v) is 6.96. The first-order valence-corrected chi connectivity index (χ1v) is 12.6. The van der Waals surface area contributed by atoms with Crippen LogP contribution < -0.4 is 14.2 Å². The van der Waals surface area contributed by atoms with Gasteiger partial charge in [-0.2, -0.15) is 0 Å². The SMILES string of the molecule is CCN(CC)C(=O)Oc1ccc2c(ccn2Cc2cc3c(cc2Cl)OCO3)c1-c1cc(Cl)cc(Cl)c1. The summed E-state index contributed by atoms with van der Waals surface area (Å²) in [6.45, 7) is 5.60. The van der Waals surface area contributed by atoms with Crippen molar-refractivity contribution in [1.29, 1.82) is 0 Å². The lowest BCUT2D eigenvalue weighted by Gasteiger charge is -2.20. The van der Waals surface area contributed by atoms with Gasteiger partial charge in [-0.1, -0.05) is 34.8 Å². The van der Waals surface area contributed by atoms with Crippen LogP contribution in [0, 0.1) is 0 Å². The van der Waals surface area contributed by atoms with E-state index in [1.54, 1.807) is 23.1 Å². The third kappa shape index (κ3) is 4.69. The molecule has 0 N–H and O–H groups in total. The number of aromatic nitrogens is 1. The fourth-order valence-electron chi connectivity index (χ4n) is 4.38. The van der Waals surface area contributed by atoms with Crippen molar-refractivity contribution in [3.8, 4) is 28.4 Å². The van der Waals surface area contributed by atoms with Crippen molar-refractivity contribution in [1.82, 2.24) is 9.47 Å². The fraction of sp³-hybridized carbons (Fsp3) is 0.222. The highest BCUT2D eigenvalue weighted by molar-refractivity contribution is 6.35. The molecule has 0 atom stereocenters. The zero-order chi connectivity index (χ0) is 25.4. The lowest BCUT2D eigenvalue weighted by Crippen LogP contribution is -2.33. The highest BCUT2D eigenvalue weighted by atomic mass is 35.5. The van der Waals surface area contributed by atoms with Crippen molar-refractivity contribution >= 4 is 51.8 Å². The summed E-state index contributed by atoms with van der Waals surface area (Å²) in [5, 5.41) is 2.45. The van der Waals surface area contributed by atoms with E-state index in [0.29, 0.717) is 52.0 Å². The topological polar surface area (TPSA) is 52.9 Å². The summed E-state index contributed by atoms with van der Waals surface area (Å²) < 4.78 is 18.9. The lowest BCUT2D eigenvalue weighted by molar-refractivity contribution is 0.157. The summed E-state index contributed by atoms with van der Waals surface area (Å²) in [5.41, 5.74) is 3.30. The minimum atomic E-state index is -0.416. The van der Waals surface area contributed by atoms with Gasteiger partial charge in [0.05, 0.1) is 0 Å². The predicted molar refractivity (Wildman–Crippen MR) is 143 cm³/mol. The van der Waals surface area contributed by atoms with Crippen molar-refractivity contribution in [3.05, 3.63) is 75.4 Å². The summed E-state index contributed by atoms with van der Waals surface area (Å²) >= 11 is 19.2. The van der Waals surface area contributed by atoms with Gasteiger partial charge in [-0.05, 0) is 67.4 Å². The van der Waals surface area contributed by atoms with E-state index in [1.807, 2.05) is 50.4 Å². The second-order valence-corrected chi connectivity index (χ2v) is 9.59. The van der Waals surface area contributed by atoms with E-state index < -0.39 is 6.09 Å². The average Bonchev–Trinajstić information content (AvgIpc) is 3.46. The summed E-state index contributed by atoms with van der Waals surface area (Å²) in [7, 11) is 0. The van der Waals surface area contributed by atoms with Gasteiger partial charge in [-0.25, -0.2) is 4.79 Å². The van der Waals surface area contributed by atoms with Crippen LogP contribution in [0.15, 0.2) is 54.7 Å². The molecule has 0 spiro atoms. The van der Waals surface area contributed by atoms with Crippen LogP contribution >= 0.6 is 34.8 Å². The van der Waals surface area contributed by atoms with Crippen molar-refractivity contribution < 1.29 is 19.0 Å². The number of carbonyl (C=O) groups is 1. The van der Waals surface area contributed by atoms with Crippen molar-refractivity contribution in [3.63, 3.8) is 0 Å². The molecule has 1 aliphatic rings. The van der Waals surface area contributed by atoms with E-state index in [4.69, 9.17) is 49.0 Å². The van der Waals surface area contributed by atoms with Crippen LogP contribution in [0.5, 0.6) is 17.2 Å². The smallest absolute Gasteiger partial charge is 0.415 e. The summed E-state index contributed by atoms with van der Waals surface area (Å²) in [4.78, 5) is 14.4. The number of benzene rings is 3. The van der Waals surface area contributed by atoms with Gasteiger partial charge in [-0.3, -0.25) is 0 Å². The molecule has 0 saturated carbocycles. The summed E-state index contributed by atoms with van der Waals surface area (Å²) in [6, 6.07) is 14.7. The number of ether oxygens (including phenoxy) is 3. The molecule has 186 valence electrons. The Labute approximate surface area is 223 Å². The maximum atomic E-state index is 12.8. The van der Waals surface area contributed by atoms with Gasteiger partial charge >= 0.3 is 6.09 Å². The first-order chi connectivity index (χ1) is 17.4. The molecule has 9 heteroatoms. The number of rotatable bonds is 6. The lowest BCUT2D eigenvalue weighted by atomic mass is 10.0. The largest absolute Gasteiger partial charge is 0.454 e. The Balaban J connectivity index is 1.61. The molecule has 0 fully saturated rings. The molecule has 6 nitrogen and oxygen atoms in total. The first-order valence-electron chi connectivity index (χ1n) is 11.5. The molecule has 3 aromatic carbocycles.